The molecule has 2 aromatic rings. The van der Waals surface area contributed by atoms with Gasteiger partial charge in [0, 0.05) is 10.6 Å². The zero-order valence-electron chi connectivity index (χ0n) is 12.4. The second-order valence-electron chi connectivity index (χ2n) is 5.03. The van der Waals surface area contributed by atoms with E-state index in [2.05, 4.69) is 6.07 Å². The number of benzene rings is 2. The van der Waals surface area contributed by atoms with Gasteiger partial charge in [-0.25, -0.2) is 5.06 Å². The summed E-state index contributed by atoms with van der Waals surface area (Å²) in [6.45, 7) is 4.48. The van der Waals surface area contributed by atoms with Crippen LogP contribution in [0.15, 0.2) is 42.5 Å². The summed E-state index contributed by atoms with van der Waals surface area (Å²) >= 11 is 5.84. The highest BCUT2D eigenvalue weighted by Gasteiger charge is 2.16. The van der Waals surface area contributed by atoms with Crippen molar-refractivity contribution in [1.82, 2.24) is 5.06 Å². The van der Waals surface area contributed by atoms with Crippen molar-refractivity contribution in [3.05, 3.63) is 69.7 Å². The van der Waals surface area contributed by atoms with Crippen molar-refractivity contribution in [3.8, 4) is 0 Å². The van der Waals surface area contributed by atoms with E-state index in [-0.39, 0.29) is 5.91 Å². The Kier molecular flexibility index (Phi) is 4.99. The molecule has 4 heteroatoms. The van der Waals surface area contributed by atoms with Gasteiger partial charge in [-0.3, -0.25) is 9.63 Å². The molecule has 1 amide bonds. The highest BCUT2D eigenvalue weighted by atomic mass is 35.5. The van der Waals surface area contributed by atoms with Crippen molar-refractivity contribution in [1.29, 1.82) is 0 Å². The molecule has 0 aromatic heterocycles. The average molecular weight is 304 g/mol. The van der Waals surface area contributed by atoms with Crippen molar-refractivity contribution in [2.45, 2.75) is 20.4 Å². The third kappa shape index (κ3) is 4.06. The Morgan fingerprint density at radius 1 is 1.10 bits per heavy atom. The molecular formula is C17H18ClNO2. The van der Waals surface area contributed by atoms with Gasteiger partial charge in [0.15, 0.2) is 0 Å². The number of rotatable bonds is 4. The van der Waals surface area contributed by atoms with Crippen molar-refractivity contribution < 1.29 is 9.63 Å². The van der Waals surface area contributed by atoms with Gasteiger partial charge in [-0.05, 0) is 43.7 Å². The van der Waals surface area contributed by atoms with E-state index in [0.717, 1.165) is 5.56 Å². The van der Waals surface area contributed by atoms with E-state index in [4.69, 9.17) is 16.4 Å². The maximum absolute atomic E-state index is 12.4. The van der Waals surface area contributed by atoms with Gasteiger partial charge in [0.05, 0.1) is 13.7 Å². The number of halogens is 1. The lowest BCUT2D eigenvalue weighted by atomic mass is 10.1. The molecule has 0 N–H and O–H groups in total. The van der Waals surface area contributed by atoms with Crippen molar-refractivity contribution in [3.63, 3.8) is 0 Å². The van der Waals surface area contributed by atoms with E-state index in [1.54, 1.807) is 24.3 Å². The van der Waals surface area contributed by atoms with Crippen LogP contribution in [0.5, 0.6) is 0 Å². The summed E-state index contributed by atoms with van der Waals surface area (Å²) < 4.78 is 0. The molecule has 0 radical (unpaired) electrons. The molecule has 2 rings (SSSR count). The fraction of sp³-hybridized carbons (Fsp3) is 0.235. The molecule has 0 aliphatic rings. The van der Waals surface area contributed by atoms with E-state index < -0.39 is 0 Å². The highest BCUT2D eigenvalue weighted by molar-refractivity contribution is 6.30. The standard InChI is InChI=1S/C17H18ClNO2/c1-12-8-13(2)10-14(9-12)11-19(21-3)17(20)15-4-6-16(18)7-5-15/h4-10H,11H2,1-3H3. The number of aryl methyl sites for hydroxylation is 2. The van der Waals surface area contributed by atoms with Crippen LogP contribution in [0.2, 0.25) is 5.02 Å². The Labute approximate surface area is 130 Å². The molecule has 2 aromatic carbocycles. The van der Waals surface area contributed by atoms with Crippen molar-refractivity contribution >= 4 is 17.5 Å². The number of nitrogens with zero attached hydrogens (tertiary/aromatic N) is 1. The van der Waals surface area contributed by atoms with Gasteiger partial charge in [-0.1, -0.05) is 40.9 Å². The van der Waals surface area contributed by atoms with E-state index in [1.165, 1.54) is 23.3 Å². The predicted molar refractivity (Wildman–Crippen MR) is 84.3 cm³/mol. The van der Waals surface area contributed by atoms with Crippen LogP contribution in [0, 0.1) is 13.8 Å². The Morgan fingerprint density at radius 3 is 2.19 bits per heavy atom. The molecule has 0 unspecified atom stereocenters. The molecule has 0 saturated heterocycles. The second kappa shape index (κ2) is 6.74. The van der Waals surface area contributed by atoms with Gasteiger partial charge in [0.25, 0.3) is 5.91 Å². The molecular weight excluding hydrogens is 286 g/mol. The molecule has 0 aliphatic carbocycles. The number of hydrogen-bond acceptors (Lipinski definition) is 2. The summed E-state index contributed by atoms with van der Waals surface area (Å²) in [5.41, 5.74) is 3.92. The van der Waals surface area contributed by atoms with Gasteiger partial charge in [0.2, 0.25) is 0 Å². The van der Waals surface area contributed by atoms with E-state index in [0.29, 0.717) is 17.1 Å². The van der Waals surface area contributed by atoms with Crippen LogP contribution in [-0.2, 0) is 11.4 Å². The number of hydroxylamine groups is 2. The second-order valence-corrected chi connectivity index (χ2v) is 5.46. The minimum absolute atomic E-state index is 0.187. The van der Waals surface area contributed by atoms with Crippen LogP contribution in [0.25, 0.3) is 0 Å². The first-order valence-corrected chi connectivity index (χ1v) is 7.06. The Balaban J connectivity index is 2.19. The number of hydrogen-bond donors (Lipinski definition) is 0. The van der Waals surface area contributed by atoms with Crippen LogP contribution in [-0.4, -0.2) is 18.1 Å². The highest BCUT2D eigenvalue weighted by Crippen LogP contribution is 2.15. The molecule has 0 saturated carbocycles. The van der Waals surface area contributed by atoms with Crippen LogP contribution in [0.4, 0.5) is 0 Å². The summed E-state index contributed by atoms with van der Waals surface area (Å²) in [5, 5.41) is 1.95. The van der Waals surface area contributed by atoms with E-state index in [9.17, 15) is 4.79 Å². The van der Waals surface area contributed by atoms with Gasteiger partial charge < -0.3 is 0 Å². The Hall–Kier alpha value is -1.84. The quantitative estimate of drug-likeness (QED) is 0.794. The first kappa shape index (κ1) is 15.5. The third-order valence-corrected chi connectivity index (χ3v) is 3.40. The molecule has 0 spiro atoms. The van der Waals surface area contributed by atoms with Crippen LogP contribution >= 0.6 is 11.6 Å². The molecule has 0 aliphatic heterocycles. The zero-order chi connectivity index (χ0) is 15.4. The van der Waals surface area contributed by atoms with Crippen LogP contribution in [0.3, 0.4) is 0 Å². The molecule has 0 heterocycles. The summed E-state index contributed by atoms with van der Waals surface area (Å²) in [6, 6.07) is 13.0. The Bertz CT molecular complexity index is 617. The Morgan fingerprint density at radius 2 is 1.67 bits per heavy atom. The number of carbonyl (C=O) groups is 1. The summed E-state index contributed by atoms with van der Waals surface area (Å²) in [5.74, 6) is -0.187. The SMILES string of the molecule is CON(Cc1cc(C)cc(C)c1)C(=O)c1ccc(Cl)cc1. The maximum Gasteiger partial charge on any atom is 0.277 e. The van der Waals surface area contributed by atoms with Crippen molar-refractivity contribution in [2.75, 3.05) is 7.11 Å². The van der Waals surface area contributed by atoms with Crippen LogP contribution < -0.4 is 0 Å². The monoisotopic (exact) mass is 303 g/mol. The fourth-order valence-corrected chi connectivity index (χ4v) is 2.41. The molecule has 3 nitrogen and oxygen atoms in total. The van der Waals surface area contributed by atoms with Gasteiger partial charge in [-0.2, -0.15) is 0 Å². The zero-order valence-corrected chi connectivity index (χ0v) is 13.1. The normalized spacial score (nSPS) is 10.5. The molecule has 0 fully saturated rings. The summed E-state index contributed by atoms with van der Waals surface area (Å²) in [4.78, 5) is 17.7. The topological polar surface area (TPSA) is 29.5 Å². The third-order valence-electron chi connectivity index (χ3n) is 3.15. The largest absolute Gasteiger partial charge is 0.277 e. The lowest BCUT2D eigenvalue weighted by molar-refractivity contribution is -0.102. The van der Waals surface area contributed by atoms with Gasteiger partial charge >= 0.3 is 0 Å². The number of amides is 1. The number of carbonyl (C=O) groups excluding carboxylic acids is 1. The fourth-order valence-electron chi connectivity index (χ4n) is 2.28. The molecule has 0 atom stereocenters. The smallest absolute Gasteiger partial charge is 0.274 e. The molecule has 110 valence electrons. The summed E-state index contributed by atoms with van der Waals surface area (Å²) in [7, 11) is 1.50. The van der Waals surface area contributed by atoms with Crippen molar-refractivity contribution in [2.24, 2.45) is 0 Å². The molecule has 21 heavy (non-hydrogen) atoms. The maximum atomic E-state index is 12.4. The first-order chi connectivity index (χ1) is 9.99. The summed E-state index contributed by atoms with van der Waals surface area (Å²) in [6.07, 6.45) is 0. The minimum Gasteiger partial charge on any atom is -0.274 e. The van der Waals surface area contributed by atoms with Crippen LogP contribution in [0.1, 0.15) is 27.0 Å². The van der Waals surface area contributed by atoms with Gasteiger partial charge in [0.1, 0.15) is 0 Å². The minimum atomic E-state index is -0.187. The van der Waals surface area contributed by atoms with E-state index >= 15 is 0 Å². The predicted octanol–water partition coefficient (Wildman–Crippen LogP) is 4.16. The van der Waals surface area contributed by atoms with Gasteiger partial charge in [-0.15, -0.1) is 0 Å². The lowest BCUT2D eigenvalue weighted by Crippen LogP contribution is -2.29. The van der Waals surface area contributed by atoms with E-state index in [1.807, 2.05) is 26.0 Å². The molecule has 0 bridgehead atoms. The average Bonchev–Trinajstić information content (AvgIpc) is 2.44. The first-order valence-electron chi connectivity index (χ1n) is 6.68. The lowest BCUT2D eigenvalue weighted by Gasteiger charge is -2.20.